The summed E-state index contributed by atoms with van der Waals surface area (Å²) in [6.07, 6.45) is 0.317. The highest BCUT2D eigenvalue weighted by Gasteiger charge is 2.15. The number of phenols is 1. The summed E-state index contributed by atoms with van der Waals surface area (Å²) >= 11 is 0. The van der Waals surface area contributed by atoms with Gasteiger partial charge in [0.2, 0.25) is 0 Å². The highest BCUT2D eigenvalue weighted by molar-refractivity contribution is 5.70. The maximum atomic E-state index is 11.2. The van der Waals surface area contributed by atoms with Crippen LogP contribution in [0.3, 0.4) is 0 Å². The molecule has 1 heterocycles. The molecular weight excluding hydrogens is 418 g/mol. The van der Waals surface area contributed by atoms with Gasteiger partial charge in [0.15, 0.2) is 17.5 Å². The number of rotatable bonds is 8. The molecule has 0 amide bonds. The van der Waals surface area contributed by atoms with Gasteiger partial charge >= 0.3 is 5.97 Å². The van der Waals surface area contributed by atoms with Gasteiger partial charge in [-0.1, -0.05) is 67.6 Å². The molecule has 0 spiro atoms. The van der Waals surface area contributed by atoms with Gasteiger partial charge in [-0.2, -0.15) is 0 Å². The van der Waals surface area contributed by atoms with E-state index in [1.54, 1.807) is 19.1 Å². The summed E-state index contributed by atoms with van der Waals surface area (Å²) in [6.45, 7) is 2.06. The minimum Gasteiger partial charge on any atom is -0.507 e. The minimum atomic E-state index is -0.282. The van der Waals surface area contributed by atoms with E-state index in [0.29, 0.717) is 35.2 Å². The highest BCUT2D eigenvalue weighted by Crippen LogP contribution is 2.32. The van der Waals surface area contributed by atoms with Gasteiger partial charge in [-0.25, -0.2) is 15.0 Å². The monoisotopic (exact) mass is 441 g/mol. The molecule has 4 rings (SSSR count). The summed E-state index contributed by atoms with van der Waals surface area (Å²) in [5, 5.41) is 10.7. The Morgan fingerprint density at radius 1 is 0.788 bits per heavy atom. The van der Waals surface area contributed by atoms with Crippen LogP contribution in [-0.4, -0.2) is 39.2 Å². The van der Waals surface area contributed by atoms with Crippen molar-refractivity contribution in [2.45, 2.75) is 13.3 Å². The summed E-state index contributed by atoms with van der Waals surface area (Å²) in [5.41, 5.74) is 2.15. The first-order chi connectivity index (χ1) is 16.1. The second-order valence-electron chi connectivity index (χ2n) is 7.14. The number of carbonyl (C=O) groups excluding carboxylic acids is 1. The van der Waals surface area contributed by atoms with E-state index in [0.717, 1.165) is 11.1 Å². The van der Waals surface area contributed by atoms with Gasteiger partial charge in [0, 0.05) is 23.6 Å². The fraction of sp³-hybridized carbons (Fsp3) is 0.154. The van der Waals surface area contributed by atoms with E-state index < -0.39 is 0 Å². The lowest BCUT2D eigenvalue weighted by atomic mass is 10.1. The van der Waals surface area contributed by atoms with E-state index in [4.69, 9.17) is 9.47 Å². The fourth-order valence-corrected chi connectivity index (χ4v) is 3.14. The Kier molecular flexibility index (Phi) is 6.90. The second kappa shape index (κ2) is 10.4. The first-order valence-corrected chi connectivity index (χ1v) is 10.6. The third kappa shape index (κ3) is 5.51. The second-order valence-corrected chi connectivity index (χ2v) is 7.14. The molecule has 33 heavy (non-hydrogen) atoms. The van der Waals surface area contributed by atoms with Gasteiger partial charge in [-0.15, -0.1) is 0 Å². The lowest BCUT2D eigenvalue weighted by Gasteiger charge is -2.11. The number of nitrogens with zero attached hydrogens (tertiary/aromatic N) is 3. The summed E-state index contributed by atoms with van der Waals surface area (Å²) in [6, 6.07) is 24.1. The van der Waals surface area contributed by atoms with Crippen molar-refractivity contribution in [3.8, 4) is 45.7 Å². The molecule has 0 bridgehead atoms. The largest absolute Gasteiger partial charge is 0.507 e. The number of esters is 1. The molecule has 4 aromatic rings. The van der Waals surface area contributed by atoms with Crippen molar-refractivity contribution < 1.29 is 19.4 Å². The van der Waals surface area contributed by atoms with Crippen molar-refractivity contribution >= 4 is 5.97 Å². The minimum absolute atomic E-state index is 0.0257. The molecule has 0 atom stereocenters. The summed E-state index contributed by atoms with van der Waals surface area (Å²) < 4.78 is 10.6. The standard InChI is InChI=1S/C26H23N3O4/c1-2-23(31)33-16-15-32-20-13-14-21(22(30)17-20)26-28-24(18-9-5-3-6-10-18)27-25(29-26)19-11-7-4-8-12-19/h3-14,17,30H,2,15-16H2,1H3. The molecule has 7 nitrogen and oxygen atoms in total. The van der Waals surface area contributed by atoms with Crippen molar-refractivity contribution in [2.24, 2.45) is 0 Å². The van der Waals surface area contributed by atoms with Crippen LogP contribution in [0.15, 0.2) is 78.9 Å². The molecule has 0 fully saturated rings. The van der Waals surface area contributed by atoms with Crippen LogP contribution < -0.4 is 4.74 Å². The molecule has 0 unspecified atom stereocenters. The topological polar surface area (TPSA) is 94.4 Å². The summed E-state index contributed by atoms with van der Waals surface area (Å²) in [7, 11) is 0. The van der Waals surface area contributed by atoms with Crippen molar-refractivity contribution in [2.75, 3.05) is 13.2 Å². The van der Waals surface area contributed by atoms with Gasteiger partial charge in [0.05, 0.1) is 5.56 Å². The Labute approximate surface area is 191 Å². The van der Waals surface area contributed by atoms with Crippen LogP contribution >= 0.6 is 0 Å². The molecular formula is C26H23N3O4. The number of ether oxygens (including phenoxy) is 2. The number of carbonyl (C=O) groups is 1. The molecule has 0 aliphatic heterocycles. The van der Waals surface area contributed by atoms with Crippen LogP contribution in [0.1, 0.15) is 13.3 Å². The Morgan fingerprint density at radius 2 is 1.36 bits per heavy atom. The van der Waals surface area contributed by atoms with E-state index in [1.807, 2.05) is 60.7 Å². The number of phenolic OH excluding ortho intramolecular Hbond substituents is 1. The van der Waals surface area contributed by atoms with E-state index in [9.17, 15) is 9.90 Å². The number of benzene rings is 3. The third-order valence-electron chi connectivity index (χ3n) is 4.81. The van der Waals surface area contributed by atoms with E-state index in [1.165, 1.54) is 6.07 Å². The van der Waals surface area contributed by atoms with Crippen molar-refractivity contribution in [1.29, 1.82) is 0 Å². The first-order valence-electron chi connectivity index (χ1n) is 10.6. The van der Waals surface area contributed by atoms with Gasteiger partial charge in [0.1, 0.15) is 24.7 Å². The average molecular weight is 441 g/mol. The van der Waals surface area contributed by atoms with Crippen LogP contribution in [-0.2, 0) is 9.53 Å². The zero-order valence-corrected chi connectivity index (χ0v) is 18.1. The maximum Gasteiger partial charge on any atom is 0.305 e. The molecule has 1 N–H and O–H groups in total. The van der Waals surface area contributed by atoms with Crippen molar-refractivity contribution in [3.05, 3.63) is 78.9 Å². The van der Waals surface area contributed by atoms with Crippen LogP contribution in [0.4, 0.5) is 0 Å². The molecule has 0 aliphatic carbocycles. The van der Waals surface area contributed by atoms with Crippen LogP contribution in [0.25, 0.3) is 34.2 Å². The Bertz CT molecular complexity index is 1170. The molecule has 0 saturated heterocycles. The quantitative estimate of drug-likeness (QED) is 0.307. The number of aromatic nitrogens is 3. The maximum absolute atomic E-state index is 11.2. The molecule has 3 aromatic carbocycles. The average Bonchev–Trinajstić information content (AvgIpc) is 2.87. The van der Waals surface area contributed by atoms with Crippen LogP contribution in [0.2, 0.25) is 0 Å². The zero-order valence-electron chi connectivity index (χ0n) is 18.1. The van der Waals surface area contributed by atoms with Gasteiger partial charge < -0.3 is 14.6 Å². The number of aromatic hydroxyl groups is 1. The van der Waals surface area contributed by atoms with Gasteiger partial charge in [0.25, 0.3) is 0 Å². The number of hydrogen-bond donors (Lipinski definition) is 1. The van der Waals surface area contributed by atoms with Crippen molar-refractivity contribution in [1.82, 2.24) is 15.0 Å². The highest BCUT2D eigenvalue weighted by atomic mass is 16.6. The predicted molar refractivity (Wildman–Crippen MR) is 125 cm³/mol. The van der Waals surface area contributed by atoms with E-state index in [-0.39, 0.29) is 24.9 Å². The zero-order chi connectivity index (χ0) is 23.0. The molecule has 1 aromatic heterocycles. The molecule has 166 valence electrons. The van der Waals surface area contributed by atoms with Crippen LogP contribution in [0.5, 0.6) is 11.5 Å². The normalized spacial score (nSPS) is 10.6. The van der Waals surface area contributed by atoms with Crippen LogP contribution in [0, 0.1) is 0 Å². The van der Waals surface area contributed by atoms with E-state index in [2.05, 4.69) is 15.0 Å². The first kappa shape index (κ1) is 22.0. The molecule has 0 radical (unpaired) electrons. The smallest absolute Gasteiger partial charge is 0.305 e. The summed E-state index contributed by atoms with van der Waals surface area (Å²) in [4.78, 5) is 25.1. The molecule has 7 heteroatoms. The molecule has 0 saturated carbocycles. The fourth-order valence-electron chi connectivity index (χ4n) is 3.14. The Morgan fingerprint density at radius 3 is 1.91 bits per heavy atom. The Balaban J connectivity index is 1.64. The molecule has 0 aliphatic rings. The third-order valence-corrected chi connectivity index (χ3v) is 4.81. The SMILES string of the molecule is CCC(=O)OCCOc1ccc(-c2nc(-c3ccccc3)nc(-c3ccccc3)n2)c(O)c1. The lowest BCUT2D eigenvalue weighted by molar-refractivity contribution is -0.143. The van der Waals surface area contributed by atoms with Crippen molar-refractivity contribution in [3.63, 3.8) is 0 Å². The lowest BCUT2D eigenvalue weighted by Crippen LogP contribution is -2.11. The van der Waals surface area contributed by atoms with Gasteiger partial charge in [-0.05, 0) is 12.1 Å². The number of hydrogen-bond acceptors (Lipinski definition) is 7. The van der Waals surface area contributed by atoms with E-state index >= 15 is 0 Å². The summed E-state index contributed by atoms with van der Waals surface area (Å²) in [5.74, 6) is 1.51. The Hall–Kier alpha value is -4.26. The predicted octanol–water partition coefficient (Wildman–Crippen LogP) is 4.91. The van der Waals surface area contributed by atoms with Gasteiger partial charge in [-0.3, -0.25) is 4.79 Å².